The summed E-state index contributed by atoms with van der Waals surface area (Å²) < 4.78 is 0. The number of aryl methyl sites for hydroxylation is 1. The van der Waals surface area contributed by atoms with Crippen molar-refractivity contribution in [2.45, 2.75) is 58.4 Å². The van der Waals surface area contributed by atoms with Crippen molar-refractivity contribution in [3.63, 3.8) is 0 Å². The lowest BCUT2D eigenvalue weighted by atomic mass is 10.1. The maximum absolute atomic E-state index is 12.1. The van der Waals surface area contributed by atoms with E-state index in [9.17, 15) is 14.9 Å². The largest absolute Gasteiger partial charge is 0.385 e. The van der Waals surface area contributed by atoms with Crippen LogP contribution in [0.15, 0.2) is 18.2 Å². The van der Waals surface area contributed by atoms with Crippen LogP contribution in [0.2, 0.25) is 0 Å². The number of carbonyl (C=O) groups is 1. The molecule has 1 heterocycles. The summed E-state index contributed by atoms with van der Waals surface area (Å²) in [4.78, 5) is 24.6. The average molecular weight is 377 g/mol. The standard InChI is InChI=1S/C20H32N4O3/c1-3-17(22-15-20(25)23-12-6-7-13-23)8-4-5-11-21-18-9-10-19(24(26)27)16(2)14-18/h9-10,14,17,21-22H,3-8,11-13,15H2,1-2H3. The Hall–Kier alpha value is -2.15. The number of nitro groups is 1. The van der Waals surface area contributed by atoms with Crippen LogP contribution < -0.4 is 10.6 Å². The molecule has 0 bridgehead atoms. The maximum Gasteiger partial charge on any atom is 0.272 e. The van der Waals surface area contributed by atoms with Gasteiger partial charge in [0.05, 0.1) is 11.5 Å². The molecule has 0 aromatic heterocycles. The van der Waals surface area contributed by atoms with E-state index in [0.717, 1.165) is 63.8 Å². The fourth-order valence-corrected chi connectivity index (χ4v) is 3.48. The van der Waals surface area contributed by atoms with Crippen molar-refractivity contribution >= 4 is 17.3 Å². The Balaban J connectivity index is 1.62. The lowest BCUT2D eigenvalue weighted by molar-refractivity contribution is -0.385. The van der Waals surface area contributed by atoms with Crippen LogP contribution in [0.1, 0.15) is 51.0 Å². The summed E-state index contributed by atoms with van der Waals surface area (Å²) in [5.41, 5.74) is 1.74. The van der Waals surface area contributed by atoms with Crippen LogP contribution in [-0.2, 0) is 4.79 Å². The molecule has 1 saturated heterocycles. The number of amides is 1. The molecule has 0 spiro atoms. The third-order valence-electron chi connectivity index (χ3n) is 5.20. The van der Waals surface area contributed by atoms with Crippen LogP contribution in [0, 0.1) is 17.0 Å². The highest BCUT2D eigenvalue weighted by atomic mass is 16.6. The molecule has 1 aliphatic rings. The van der Waals surface area contributed by atoms with E-state index in [1.54, 1.807) is 19.1 Å². The van der Waals surface area contributed by atoms with Crippen LogP contribution in [0.4, 0.5) is 11.4 Å². The number of hydrogen-bond acceptors (Lipinski definition) is 5. The second kappa shape index (κ2) is 10.9. The molecule has 7 nitrogen and oxygen atoms in total. The zero-order valence-corrected chi connectivity index (χ0v) is 16.5. The third-order valence-corrected chi connectivity index (χ3v) is 5.20. The van der Waals surface area contributed by atoms with Gasteiger partial charge in [-0.1, -0.05) is 13.3 Å². The summed E-state index contributed by atoms with van der Waals surface area (Å²) in [6, 6.07) is 5.49. The first-order valence-corrected chi connectivity index (χ1v) is 10.0. The van der Waals surface area contributed by atoms with Gasteiger partial charge in [-0.05, 0) is 51.2 Å². The minimum atomic E-state index is -0.356. The summed E-state index contributed by atoms with van der Waals surface area (Å²) >= 11 is 0. The number of likely N-dealkylation sites (tertiary alicyclic amines) is 1. The average Bonchev–Trinajstić information content (AvgIpc) is 3.18. The van der Waals surface area contributed by atoms with Gasteiger partial charge in [0, 0.05) is 43.0 Å². The quantitative estimate of drug-likeness (QED) is 0.351. The van der Waals surface area contributed by atoms with E-state index < -0.39 is 0 Å². The van der Waals surface area contributed by atoms with Gasteiger partial charge in [-0.15, -0.1) is 0 Å². The minimum absolute atomic E-state index is 0.154. The van der Waals surface area contributed by atoms with Crippen molar-refractivity contribution in [3.05, 3.63) is 33.9 Å². The SMILES string of the molecule is CCC(CCCCNc1ccc([N+](=O)[O-])c(C)c1)NCC(=O)N1CCCC1. The molecule has 2 N–H and O–H groups in total. The van der Waals surface area contributed by atoms with Gasteiger partial charge in [0.2, 0.25) is 5.91 Å². The van der Waals surface area contributed by atoms with E-state index in [-0.39, 0.29) is 16.5 Å². The molecule has 7 heteroatoms. The Morgan fingerprint density at radius 3 is 2.67 bits per heavy atom. The first kappa shape index (κ1) is 21.2. The number of hydrogen-bond donors (Lipinski definition) is 2. The highest BCUT2D eigenvalue weighted by Gasteiger charge is 2.18. The van der Waals surface area contributed by atoms with Gasteiger partial charge >= 0.3 is 0 Å². The summed E-state index contributed by atoms with van der Waals surface area (Å²) in [6.45, 7) is 7.00. The molecule has 1 amide bonds. The molecule has 0 aliphatic carbocycles. The van der Waals surface area contributed by atoms with E-state index in [2.05, 4.69) is 17.6 Å². The second-order valence-electron chi connectivity index (χ2n) is 7.25. The Morgan fingerprint density at radius 1 is 1.30 bits per heavy atom. The molecular weight excluding hydrogens is 344 g/mol. The summed E-state index contributed by atoms with van der Waals surface area (Å²) in [5, 5.41) is 17.6. The minimum Gasteiger partial charge on any atom is -0.385 e. The predicted molar refractivity (Wildman–Crippen MR) is 108 cm³/mol. The molecule has 1 aromatic carbocycles. The molecule has 1 fully saturated rings. The van der Waals surface area contributed by atoms with E-state index in [1.165, 1.54) is 0 Å². The Bertz CT molecular complexity index is 630. The van der Waals surface area contributed by atoms with Crippen molar-refractivity contribution in [3.8, 4) is 0 Å². The van der Waals surface area contributed by atoms with Crippen LogP contribution in [0.5, 0.6) is 0 Å². The molecule has 1 aromatic rings. The fraction of sp³-hybridized carbons (Fsp3) is 0.650. The maximum atomic E-state index is 12.1. The Labute approximate surface area is 161 Å². The van der Waals surface area contributed by atoms with Crippen molar-refractivity contribution in [2.24, 2.45) is 0 Å². The number of benzene rings is 1. The van der Waals surface area contributed by atoms with Crippen LogP contribution in [-0.4, -0.2) is 48.0 Å². The van der Waals surface area contributed by atoms with E-state index >= 15 is 0 Å². The van der Waals surface area contributed by atoms with Crippen LogP contribution in [0.3, 0.4) is 0 Å². The molecular formula is C20H32N4O3. The highest BCUT2D eigenvalue weighted by Crippen LogP contribution is 2.21. The topological polar surface area (TPSA) is 87.5 Å². The van der Waals surface area contributed by atoms with Gasteiger partial charge in [-0.25, -0.2) is 0 Å². The highest BCUT2D eigenvalue weighted by molar-refractivity contribution is 5.78. The number of nitrogens with zero attached hydrogens (tertiary/aromatic N) is 2. The molecule has 150 valence electrons. The number of carbonyl (C=O) groups excluding carboxylic acids is 1. The molecule has 0 radical (unpaired) electrons. The van der Waals surface area contributed by atoms with Gasteiger partial charge in [-0.3, -0.25) is 14.9 Å². The molecule has 1 unspecified atom stereocenters. The molecule has 2 rings (SSSR count). The lowest BCUT2D eigenvalue weighted by Crippen LogP contribution is -2.40. The van der Waals surface area contributed by atoms with E-state index in [4.69, 9.17) is 0 Å². The van der Waals surface area contributed by atoms with Gasteiger partial charge in [0.25, 0.3) is 5.69 Å². The van der Waals surface area contributed by atoms with Gasteiger partial charge < -0.3 is 15.5 Å². The summed E-state index contributed by atoms with van der Waals surface area (Å²) in [7, 11) is 0. The molecule has 0 saturated carbocycles. The number of anilines is 1. The predicted octanol–water partition coefficient (Wildman–Crippen LogP) is 3.48. The zero-order chi connectivity index (χ0) is 19.6. The number of unbranched alkanes of at least 4 members (excludes halogenated alkanes) is 1. The first-order valence-electron chi connectivity index (χ1n) is 10.0. The first-order chi connectivity index (χ1) is 13.0. The monoisotopic (exact) mass is 376 g/mol. The van der Waals surface area contributed by atoms with Crippen LogP contribution in [0.25, 0.3) is 0 Å². The molecule has 1 atom stereocenters. The van der Waals surface area contributed by atoms with Crippen molar-refractivity contribution < 1.29 is 9.72 Å². The molecule has 27 heavy (non-hydrogen) atoms. The van der Waals surface area contributed by atoms with Crippen molar-refractivity contribution in [1.82, 2.24) is 10.2 Å². The number of nitrogens with one attached hydrogen (secondary N) is 2. The van der Waals surface area contributed by atoms with Gasteiger partial charge in [0.15, 0.2) is 0 Å². The fourth-order valence-electron chi connectivity index (χ4n) is 3.48. The van der Waals surface area contributed by atoms with Crippen molar-refractivity contribution in [2.75, 3.05) is 31.5 Å². The summed E-state index contributed by atoms with van der Waals surface area (Å²) in [5.74, 6) is 0.223. The van der Waals surface area contributed by atoms with E-state index in [0.29, 0.717) is 18.2 Å². The molecule has 1 aliphatic heterocycles. The second-order valence-corrected chi connectivity index (χ2v) is 7.25. The van der Waals surface area contributed by atoms with Crippen molar-refractivity contribution in [1.29, 1.82) is 0 Å². The third kappa shape index (κ3) is 6.82. The number of nitro benzene ring substituents is 1. The van der Waals surface area contributed by atoms with Gasteiger partial charge in [-0.2, -0.15) is 0 Å². The normalized spacial score (nSPS) is 15.0. The van der Waals surface area contributed by atoms with Gasteiger partial charge in [0.1, 0.15) is 0 Å². The smallest absolute Gasteiger partial charge is 0.272 e. The summed E-state index contributed by atoms with van der Waals surface area (Å²) in [6.07, 6.45) is 6.41. The van der Waals surface area contributed by atoms with Crippen LogP contribution >= 0.6 is 0 Å². The number of rotatable bonds is 11. The lowest BCUT2D eigenvalue weighted by Gasteiger charge is -2.20. The zero-order valence-electron chi connectivity index (χ0n) is 16.5. The van der Waals surface area contributed by atoms with E-state index in [1.807, 2.05) is 11.0 Å². The Morgan fingerprint density at radius 2 is 2.04 bits per heavy atom. The Kier molecular flexibility index (Phi) is 8.51.